The van der Waals surface area contributed by atoms with Gasteiger partial charge in [0, 0.05) is 42.3 Å². The highest BCUT2D eigenvalue weighted by molar-refractivity contribution is 5.99. The van der Waals surface area contributed by atoms with Gasteiger partial charge in [0.1, 0.15) is 29.6 Å². The number of hydrogen-bond donors (Lipinski definition) is 2. The minimum atomic E-state index is -0.597. The lowest BCUT2D eigenvalue weighted by molar-refractivity contribution is -0.119. The van der Waals surface area contributed by atoms with Crippen molar-refractivity contribution in [2.75, 3.05) is 22.1 Å². The number of aryl methyl sites for hydroxylation is 1. The van der Waals surface area contributed by atoms with Crippen LogP contribution in [0.15, 0.2) is 42.9 Å². The zero-order chi connectivity index (χ0) is 28.7. The van der Waals surface area contributed by atoms with E-state index in [4.69, 9.17) is 5.10 Å². The Morgan fingerprint density at radius 3 is 2.62 bits per heavy atom. The number of nitrogens with one attached hydrogen (secondary N) is 2. The molecule has 0 aromatic carbocycles. The van der Waals surface area contributed by atoms with E-state index in [1.165, 1.54) is 24.7 Å². The number of rotatable bonds is 8. The normalized spacial score (nSPS) is 24.5. The molecule has 4 aliphatic rings. The van der Waals surface area contributed by atoms with Crippen LogP contribution in [-0.2, 0) is 15.1 Å². The summed E-state index contributed by atoms with van der Waals surface area (Å²) in [4.78, 5) is 45.4. The lowest BCUT2D eigenvalue weighted by Crippen LogP contribution is -2.31. The van der Waals surface area contributed by atoms with Gasteiger partial charge in [-0.2, -0.15) is 5.10 Å². The molecule has 4 fully saturated rings. The molecule has 5 heterocycles. The van der Waals surface area contributed by atoms with Crippen molar-refractivity contribution < 1.29 is 9.59 Å². The van der Waals surface area contributed by atoms with E-state index >= 15 is 0 Å². The fourth-order valence-electron chi connectivity index (χ4n) is 6.25. The van der Waals surface area contributed by atoms with Gasteiger partial charge in [-0.3, -0.25) is 14.5 Å². The fraction of sp³-hybridized carbons (Fsp3) is 0.452. The van der Waals surface area contributed by atoms with Gasteiger partial charge in [-0.05, 0) is 88.1 Å². The van der Waals surface area contributed by atoms with Gasteiger partial charge < -0.3 is 10.6 Å². The third-order valence-corrected chi connectivity index (χ3v) is 9.08. The van der Waals surface area contributed by atoms with Crippen LogP contribution >= 0.6 is 0 Å². The van der Waals surface area contributed by atoms with Crippen molar-refractivity contribution in [2.24, 2.45) is 17.8 Å². The van der Waals surface area contributed by atoms with Gasteiger partial charge in [0.15, 0.2) is 0 Å². The van der Waals surface area contributed by atoms with Crippen LogP contribution in [-0.4, -0.2) is 47.9 Å². The highest BCUT2D eigenvalue weighted by atomic mass is 16.2. The van der Waals surface area contributed by atoms with Crippen LogP contribution in [0, 0.1) is 24.7 Å². The molecule has 8 rings (SSSR count). The van der Waals surface area contributed by atoms with Crippen molar-refractivity contribution in [3.05, 3.63) is 65.6 Å². The maximum atomic E-state index is 13.0. The summed E-state index contributed by atoms with van der Waals surface area (Å²) in [5.41, 5.74) is 3.40. The first-order valence-corrected chi connectivity index (χ1v) is 14.8. The molecule has 4 aromatic heterocycles. The lowest BCUT2D eigenvalue weighted by atomic mass is 10.0. The average molecular weight is 564 g/mol. The van der Waals surface area contributed by atoms with Crippen LogP contribution in [0.3, 0.4) is 0 Å². The summed E-state index contributed by atoms with van der Waals surface area (Å²) in [6.07, 6.45) is 7.30. The molecule has 0 radical (unpaired) electrons. The van der Waals surface area contributed by atoms with Crippen LogP contribution in [0.4, 0.5) is 17.5 Å². The second kappa shape index (κ2) is 9.04. The Balaban J connectivity index is 1.01. The van der Waals surface area contributed by atoms with E-state index < -0.39 is 5.54 Å². The molecule has 2 unspecified atom stereocenters. The SMILES string of the molecule is Cc1ccnc([C@H]2C[C@@H]2C(=O)Nc2cc(NC(C)(C)c3cc4cc(C5CC5)cc(N5CC6CC6C5=O)n4n3)ncn2)n1. The molecule has 11 nitrogen and oxygen atoms in total. The number of piperidine rings is 1. The Kier molecular flexibility index (Phi) is 5.45. The smallest absolute Gasteiger partial charge is 0.231 e. The van der Waals surface area contributed by atoms with Crippen molar-refractivity contribution >= 4 is 34.8 Å². The van der Waals surface area contributed by atoms with E-state index in [9.17, 15) is 9.59 Å². The zero-order valence-corrected chi connectivity index (χ0v) is 23.9. The molecule has 4 aromatic rings. The number of carbonyl (C=O) groups excluding carboxylic acids is 2. The summed E-state index contributed by atoms with van der Waals surface area (Å²) >= 11 is 0. The summed E-state index contributed by atoms with van der Waals surface area (Å²) in [5.74, 6) is 3.82. The molecular formula is C31H33N9O2. The van der Waals surface area contributed by atoms with E-state index in [2.05, 4.69) is 48.8 Å². The highest BCUT2D eigenvalue weighted by Gasteiger charge is 2.53. The quantitative estimate of drug-likeness (QED) is 0.327. The molecule has 0 spiro atoms. The van der Waals surface area contributed by atoms with Gasteiger partial charge >= 0.3 is 0 Å². The van der Waals surface area contributed by atoms with Gasteiger partial charge in [-0.25, -0.2) is 24.5 Å². The van der Waals surface area contributed by atoms with Gasteiger partial charge in [0.25, 0.3) is 0 Å². The second-order valence-electron chi connectivity index (χ2n) is 12.9. The van der Waals surface area contributed by atoms with Gasteiger partial charge in [-0.15, -0.1) is 0 Å². The summed E-state index contributed by atoms with van der Waals surface area (Å²) in [5, 5.41) is 11.4. The topological polar surface area (TPSA) is 130 Å². The number of anilines is 3. The van der Waals surface area contributed by atoms with Crippen LogP contribution in [0.25, 0.3) is 5.52 Å². The molecule has 2 amide bonds. The molecule has 0 bridgehead atoms. The number of nitrogens with zero attached hydrogens (tertiary/aromatic N) is 7. The van der Waals surface area contributed by atoms with E-state index in [1.807, 2.05) is 36.3 Å². The van der Waals surface area contributed by atoms with Crippen LogP contribution < -0.4 is 15.5 Å². The summed E-state index contributed by atoms with van der Waals surface area (Å²) in [6.45, 7) is 6.79. The Morgan fingerprint density at radius 1 is 1.02 bits per heavy atom. The highest BCUT2D eigenvalue weighted by Crippen LogP contribution is 2.49. The molecule has 2 N–H and O–H groups in total. The van der Waals surface area contributed by atoms with Gasteiger partial charge in [0.2, 0.25) is 11.8 Å². The predicted octanol–water partition coefficient (Wildman–Crippen LogP) is 4.17. The van der Waals surface area contributed by atoms with Crippen molar-refractivity contribution in [2.45, 2.75) is 63.8 Å². The maximum absolute atomic E-state index is 13.0. The van der Waals surface area contributed by atoms with Crippen LogP contribution in [0.2, 0.25) is 0 Å². The number of fused-ring (bicyclic) bond motifs is 2. The standard InChI is InChI=1S/C31H33N9O2/c1-16-6-7-32-28(35-16)22-12-23(22)29(41)36-25-13-26(34-15-33-25)37-31(2,3)24-11-20-8-18(17-4-5-17)10-27(40(20)38-24)39-14-19-9-21(19)30(39)42/h6-8,10-11,13,15,17,19,21-23H,4-5,9,12,14H2,1-3H3,(H2,33,34,36,37,41)/t19?,21?,22-,23-/m0/s1. The second-order valence-corrected chi connectivity index (χ2v) is 12.9. The molecule has 4 atom stereocenters. The number of hydrogen-bond acceptors (Lipinski definition) is 8. The Hall–Kier alpha value is -4.41. The first kappa shape index (κ1) is 25.3. The Bertz CT molecular complexity index is 1760. The van der Waals surface area contributed by atoms with E-state index in [0.29, 0.717) is 29.3 Å². The largest absolute Gasteiger partial charge is 0.359 e. The third kappa shape index (κ3) is 4.47. The molecule has 1 saturated heterocycles. The van der Waals surface area contributed by atoms with E-state index in [1.54, 1.807) is 12.3 Å². The van der Waals surface area contributed by atoms with Crippen molar-refractivity contribution in [1.82, 2.24) is 29.5 Å². The minimum Gasteiger partial charge on any atom is -0.359 e. The van der Waals surface area contributed by atoms with E-state index in [0.717, 1.165) is 42.1 Å². The van der Waals surface area contributed by atoms with Gasteiger partial charge in [-0.1, -0.05) is 0 Å². The van der Waals surface area contributed by atoms with E-state index in [-0.39, 0.29) is 29.6 Å². The lowest BCUT2D eigenvalue weighted by Gasteiger charge is -2.25. The first-order chi connectivity index (χ1) is 20.2. The number of carbonyl (C=O) groups is 2. The van der Waals surface area contributed by atoms with Crippen molar-refractivity contribution in [1.29, 1.82) is 0 Å². The molecule has 214 valence electrons. The summed E-state index contributed by atoms with van der Waals surface area (Å²) in [6, 6.07) is 10.1. The number of pyridine rings is 1. The Morgan fingerprint density at radius 2 is 1.86 bits per heavy atom. The van der Waals surface area contributed by atoms with Crippen LogP contribution in [0.1, 0.15) is 74.1 Å². The first-order valence-electron chi connectivity index (χ1n) is 14.8. The monoisotopic (exact) mass is 563 g/mol. The maximum Gasteiger partial charge on any atom is 0.231 e. The molecule has 11 heteroatoms. The Labute approximate surface area is 243 Å². The predicted molar refractivity (Wildman–Crippen MR) is 156 cm³/mol. The van der Waals surface area contributed by atoms with Crippen molar-refractivity contribution in [3.8, 4) is 0 Å². The molecule has 1 aliphatic heterocycles. The molecular weight excluding hydrogens is 530 g/mol. The fourth-order valence-corrected chi connectivity index (χ4v) is 6.25. The number of aromatic nitrogens is 6. The van der Waals surface area contributed by atoms with Crippen molar-refractivity contribution in [3.63, 3.8) is 0 Å². The number of amides is 2. The van der Waals surface area contributed by atoms with Gasteiger partial charge in [0.05, 0.1) is 16.7 Å². The third-order valence-electron chi connectivity index (χ3n) is 9.08. The molecule has 3 saturated carbocycles. The summed E-state index contributed by atoms with van der Waals surface area (Å²) < 4.78 is 1.92. The minimum absolute atomic E-state index is 0.0327. The van der Waals surface area contributed by atoms with Crippen LogP contribution in [0.5, 0.6) is 0 Å². The average Bonchev–Trinajstić information content (AvgIpc) is 3.87. The molecule has 3 aliphatic carbocycles. The molecule has 42 heavy (non-hydrogen) atoms. The summed E-state index contributed by atoms with van der Waals surface area (Å²) in [7, 11) is 0. The zero-order valence-electron chi connectivity index (χ0n) is 23.9.